The molecule has 0 radical (unpaired) electrons. The molecule has 0 saturated carbocycles. The van der Waals surface area contributed by atoms with Crippen LogP contribution >= 0.6 is 0 Å². The smallest absolute Gasteiger partial charge is 0.289 e. The van der Waals surface area contributed by atoms with Crippen molar-refractivity contribution in [2.75, 3.05) is 26.8 Å². The van der Waals surface area contributed by atoms with E-state index in [9.17, 15) is 9.59 Å². The molecule has 3 rings (SSSR count). The number of carbonyl (C=O) groups excluding carboxylic acids is 2. The fraction of sp³-hybridized carbons (Fsp3) is 0.500. The Bertz CT molecular complexity index is 870. The summed E-state index contributed by atoms with van der Waals surface area (Å²) in [5.74, 6) is 1.89. The van der Waals surface area contributed by atoms with Crippen molar-refractivity contribution < 1.29 is 23.5 Å². The average molecular weight is 429 g/mol. The quantitative estimate of drug-likeness (QED) is 0.686. The molecule has 1 saturated heterocycles. The maximum Gasteiger partial charge on any atom is 0.289 e. The Balaban J connectivity index is 1.54. The Morgan fingerprint density at radius 1 is 1.16 bits per heavy atom. The van der Waals surface area contributed by atoms with Crippen LogP contribution in [-0.2, 0) is 4.79 Å². The van der Waals surface area contributed by atoms with Crippen LogP contribution in [0.1, 0.15) is 55.8 Å². The van der Waals surface area contributed by atoms with Crippen molar-refractivity contribution >= 4 is 11.8 Å². The number of hydrogen-bond donors (Lipinski definition) is 1. The van der Waals surface area contributed by atoms with E-state index in [4.69, 9.17) is 13.9 Å². The van der Waals surface area contributed by atoms with Crippen molar-refractivity contribution in [3.8, 4) is 11.5 Å². The van der Waals surface area contributed by atoms with Crippen LogP contribution in [0.3, 0.4) is 0 Å². The first-order chi connectivity index (χ1) is 14.9. The Morgan fingerprint density at radius 3 is 2.52 bits per heavy atom. The van der Waals surface area contributed by atoms with Crippen LogP contribution < -0.4 is 14.8 Å². The predicted molar refractivity (Wildman–Crippen MR) is 117 cm³/mol. The molecule has 1 aliphatic rings. The molecule has 0 aliphatic carbocycles. The molecular formula is C24H32N2O5. The lowest BCUT2D eigenvalue weighted by Crippen LogP contribution is -2.43. The van der Waals surface area contributed by atoms with Crippen molar-refractivity contribution in [3.63, 3.8) is 0 Å². The van der Waals surface area contributed by atoms with Gasteiger partial charge in [0.15, 0.2) is 17.3 Å². The summed E-state index contributed by atoms with van der Waals surface area (Å²) in [5.41, 5.74) is 0.951. The summed E-state index contributed by atoms with van der Waals surface area (Å²) in [7, 11) is 1.61. The van der Waals surface area contributed by atoms with Gasteiger partial charge < -0.3 is 24.1 Å². The molecule has 31 heavy (non-hydrogen) atoms. The standard InChI is InChI=1S/C24H32N2O5/c1-16(2)15-31-20-8-7-19(14-22(20)29-4)17(3)25-23(27)18-9-11-26(12-10-18)24(28)21-6-5-13-30-21/h5-8,13-14,16-18H,9-12,15H2,1-4H3,(H,25,27). The minimum atomic E-state index is -0.164. The van der Waals surface area contributed by atoms with Crippen LogP contribution in [-0.4, -0.2) is 43.5 Å². The summed E-state index contributed by atoms with van der Waals surface area (Å²) in [5, 5.41) is 3.10. The highest BCUT2D eigenvalue weighted by atomic mass is 16.5. The summed E-state index contributed by atoms with van der Waals surface area (Å²) >= 11 is 0. The molecule has 2 aromatic rings. The van der Waals surface area contributed by atoms with E-state index in [1.807, 2.05) is 25.1 Å². The molecule has 1 fully saturated rings. The largest absolute Gasteiger partial charge is 0.493 e. The summed E-state index contributed by atoms with van der Waals surface area (Å²) < 4.78 is 16.5. The number of carbonyl (C=O) groups is 2. The van der Waals surface area contributed by atoms with Gasteiger partial charge in [0.05, 0.1) is 26.0 Å². The first kappa shape index (κ1) is 22.7. The van der Waals surface area contributed by atoms with E-state index in [0.717, 1.165) is 5.56 Å². The molecule has 1 aromatic carbocycles. The average Bonchev–Trinajstić information content (AvgIpc) is 3.32. The topological polar surface area (TPSA) is 81.0 Å². The van der Waals surface area contributed by atoms with Gasteiger partial charge in [-0.15, -0.1) is 0 Å². The first-order valence-corrected chi connectivity index (χ1v) is 10.8. The SMILES string of the molecule is COc1cc(C(C)NC(=O)C2CCN(C(=O)c3ccco3)CC2)ccc1OCC(C)C. The van der Waals surface area contributed by atoms with Crippen molar-refractivity contribution in [1.82, 2.24) is 10.2 Å². The number of methoxy groups -OCH3 is 1. The van der Waals surface area contributed by atoms with E-state index < -0.39 is 0 Å². The lowest BCUT2D eigenvalue weighted by molar-refractivity contribution is -0.127. The molecule has 168 valence electrons. The molecular weight excluding hydrogens is 396 g/mol. The minimum Gasteiger partial charge on any atom is -0.493 e. The lowest BCUT2D eigenvalue weighted by atomic mass is 9.95. The summed E-state index contributed by atoms with van der Waals surface area (Å²) in [6.45, 7) is 7.84. The second-order valence-electron chi connectivity index (χ2n) is 8.39. The van der Waals surface area contributed by atoms with Gasteiger partial charge in [-0.05, 0) is 55.5 Å². The normalized spacial score (nSPS) is 15.6. The number of hydrogen-bond acceptors (Lipinski definition) is 5. The third-order valence-electron chi connectivity index (χ3n) is 5.50. The first-order valence-electron chi connectivity index (χ1n) is 10.8. The molecule has 7 heteroatoms. The number of benzene rings is 1. The van der Waals surface area contributed by atoms with Crippen LogP contribution in [0, 0.1) is 11.8 Å². The number of nitrogens with one attached hydrogen (secondary N) is 1. The molecule has 2 heterocycles. The molecule has 1 aliphatic heterocycles. The third-order valence-corrected chi connectivity index (χ3v) is 5.50. The minimum absolute atomic E-state index is 0.0108. The molecule has 7 nitrogen and oxygen atoms in total. The van der Waals surface area contributed by atoms with E-state index in [2.05, 4.69) is 19.2 Å². The van der Waals surface area contributed by atoms with E-state index in [-0.39, 0.29) is 23.8 Å². The Morgan fingerprint density at radius 2 is 1.90 bits per heavy atom. The number of furan rings is 1. The zero-order valence-corrected chi connectivity index (χ0v) is 18.7. The summed E-state index contributed by atoms with van der Waals surface area (Å²) in [6, 6.07) is 8.95. The van der Waals surface area contributed by atoms with Crippen LogP contribution in [0.25, 0.3) is 0 Å². The maximum absolute atomic E-state index is 12.8. The predicted octanol–water partition coefficient (Wildman–Crippen LogP) is 4.05. The molecule has 2 amide bonds. The summed E-state index contributed by atoms with van der Waals surface area (Å²) in [6.07, 6.45) is 2.76. The second kappa shape index (κ2) is 10.4. The maximum atomic E-state index is 12.8. The molecule has 0 bridgehead atoms. The molecule has 1 atom stereocenters. The second-order valence-corrected chi connectivity index (χ2v) is 8.39. The van der Waals surface area contributed by atoms with Gasteiger partial charge in [0.2, 0.25) is 5.91 Å². The van der Waals surface area contributed by atoms with Crippen molar-refractivity contribution in [1.29, 1.82) is 0 Å². The van der Waals surface area contributed by atoms with Gasteiger partial charge in [0.25, 0.3) is 5.91 Å². The molecule has 1 aromatic heterocycles. The van der Waals surface area contributed by atoms with Gasteiger partial charge in [0.1, 0.15) is 0 Å². The van der Waals surface area contributed by atoms with Crippen LogP contribution in [0.5, 0.6) is 11.5 Å². The van der Waals surface area contributed by atoms with Gasteiger partial charge in [-0.1, -0.05) is 19.9 Å². The number of piperidine rings is 1. The highest BCUT2D eigenvalue weighted by Crippen LogP contribution is 2.31. The van der Waals surface area contributed by atoms with E-state index in [1.54, 1.807) is 24.1 Å². The van der Waals surface area contributed by atoms with Crippen LogP contribution in [0.2, 0.25) is 0 Å². The van der Waals surface area contributed by atoms with Gasteiger partial charge in [-0.25, -0.2) is 0 Å². The fourth-order valence-electron chi connectivity index (χ4n) is 3.64. The molecule has 0 spiro atoms. The zero-order valence-electron chi connectivity index (χ0n) is 18.7. The Kier molecular flexibility index (Phi) is 7.60. The number of rotatable bonds is 8. The van der Waals surface area contributed by atoms with Gasteiger partial charge >= 0.3 is 0 Å². The Labute approximate surface area is 183 Å². The third kappa shape index (κ3) is 5.81. The fourth-order valence-corrected chi connectivity index (χ4v) is 3.64. The van der Waals surface area contributed by atoms with Gasteiger partial charge in [-0.3, -0.25) is 9.59 Å². The lowest BCUT2D eigenvalue weighted by Gasteiger charge is -2.31. The highest BCUT2D eigenvalue weighted by molar-refractivity contribution is 5.91. The number of ether oxygens (including phenoxy) is 2. The zero-order chi connectivity index (χ0) is 22.4. The monoisotopic (exact) mass is 428 g/mol. The van der Waals surface area contributed by atoms with E-state index >= 15 is 0 Å². The number of nitrogens with zero attached hydrogens (tertiary/aromatic N) is 1. The molecule has 1 unspecified atom stereocenters. The summed E-state index contributed by atoms with van der Waals surface area (Å²) in [4.78, 5) is 26.9. The molecule has 1 N–H and O–H groups in total. The van der Waals surface area contributed by atoms with Crippen molar-refractivity contribution in [2.24, 2.45) is 11.8 Å². The number of likely N-dealkylation sites (tertiary alicyclic amines) is 1. The van der Waals surface area contributed by atoms with Crippen molar-refractivity contribution in [2.45, 2.75) is 39.7 Å². The van der Waals surface area contributed by atoms with E-state index in [0.29, 0.717) is 55.7 Å². The highest BCUT2D eigenvalue weighted by Gasteiger charge is 2.29. The van der Waals surface area contributed by atoms with Gasteiger partial charge in [-0.2, -0.15) is 0 Å². The van der Waals surface area contributed by atoms with Crippen LogP contribution in [0.4, 0.5) is 0 Å². The van der Waals surface area contributed by atoms with Crippen molar-refractivity contribution in [3.05, 3.63) is 47.9 Å². The van der Waals surface area contributed by atoms with Crippen LogP contribution in [0.15, 0.2) is 41.0 Å². The van der Waals surface area contributed by atoms with E-state index in [1.165, 1.54) is 6.26 Å². The Hall–Kier alpha value is -2.96. The van der Waals surface area contributed by atoms with Gasteiger partial charge in [0, 0.05) is 19.0 Å². The number of amides is 2.